The molecule has 1 aliphatic heterocycles. The quantitative estimate of drug-likeness (QED) is 0.482. The molecule has 0 spiro atoms. The van der Waals surface area contributed by atoms with Gasteiger partial charge in [-0.1, -0.05) is 18.2 Å². The topological polar surface area (TPSA) is 110 Å². The lowest BCUT2D eigenvalue weighted by Gasteiger charge is -2.12. The lowest BCUT2D eigenvalue weighted by molar-refractivity contribution is -0.384. The first-order valence-corrected chi connectivity index (χ1v) is 8.60. The predicted octanol–water partition coefficient (Wildman–Crippen LogP) is 3.27. The zero-order valence-corrected chi connectivity index (χ0v) is 14.6. The molecule has 1 heterocycles. The fraction of sp³-hybridized carbons (Fsp3) is 0.0556. The van der Waals surface area contributed by atoms with Crippen LogP contribution in [-0.4, -0.2) is 33.4 Å². The van der Waals surface area contributed by atoms with Gasteiger partial charge in [0.15, 0.2) is 0 Å². The van der Waals surface area contributed by atoms with Crippen LogP contribution in [0.25, 0.3) is 6.08 Å². The normalized spacial score (nSPS) is 15.3. The number of nitrogens with zero attached hydrogens (tertiary/aromatic N) is 2. The molecule has 136 valence electrons. The lowest BCUT2D eigenvalue weighted by atomic mass is 10.2. The number of rotatable bonds is 5. The van der Waals surface area contributed by atoms with Crippen LogP contribution in [0.5, 0.6) is 0 Å². The Morgan fingerprint density at radius 2 is 1.78 bits per heavy atom. The number of para-hydroxylation sites is 1. The van der Waals surface area contributed by atoms with E-state index in [-0.39, 0.29) is 10.6 Å². The third kappa shape index (κ3) is 4.39. The minimum absolute atomic E-state index is 0.0714. The summed E-state index contributed by atoms with van der Waals surface area (Å²) < 4.78 is 0. The Morgan fingerprint density at radius 1 is 1.11 bits per heavy atom. The highest BCUT2D eigenvalue weighted by Crippen LogP contribution is 2.32. The lowest BCUT2D eigenvalue weighted by Crippen LogP contribution is -2.36. The summed E-state index contributed by atoms with van der Waals surface area (Å²) in [5.74, 6) is -1.06. The molecule has 8 nitrogen and oxygen atoms in total. The molecule has 1 N–H and O–H groups in total. The maximum Gasteiger partial charge on any atom is 0.294 e. The van der Waals surface area contributed by atoms with Crippen molar-refractivity contribution in [1.29, 1.82) is 0 Å². The van der Waals surface area contributed by atoms with Crippen LogP contribution >= 0.6 is 11.8 Å². The molecule has 27 heavy (non-hydrogen) atoms. The summed E-state index contributed by atoms with van der Waals surface area (Å²) in [5.41, 5.74) is 1.04. The van der Waals surface area contributed by atoms with E-state index in [0.29, 0.717) is 11.3 Å². The summed E-state index contributed by atoms with van der Waals surface area (Å²) in [4.78, 5) is 47.7. The van der Waals surface area contributed by atoms with Gasteiger partial charge < -0.3 is 5.32 Å². The monoisotopic (exact) mass is 383 g/mol. The second kappa shape index (κ2) is 7.83. The number of anilines is 1. The number of nitro benzene ring substituents is 1. The Kier molecular flexibility index (Phi) is 5.32. The molecule has 3 amide bonds. The Morgan fingerprint density at radius 3 is 2.41 bits per heavy atom. The molecule has 0 aromatic heterocycles. The molecule has 3 rings (SSSR count). The van der Waals surface area contributed by atoms with Crippen LogP contribution in [-0.2, 0) is 9.59 Å². The van der Waals surface area contributed by atoms with Gasteiger partial charge in [0.05, 0.1) is 9.83 Å². The molecule has 0 bridgehead atoms. The van der Waals surface area contributed by atoms with Crippen LogP contribution in [0.3, 0.4) is 0 Å². The van der Waals surface area contributed by atoms with Crippen molar-refractivity contribution in [3.05, 3.63) is 75.2 Å². The molecule has 1 fully saturated rings. The zero-order chi connectivity index (χ0) is 19.4. The summed E-state index contributed by atoms with van der Waals surface area (Å²) in [6.07, 6.45) is 1.46. The number of carbonyl (C=O) groups is 3. The van der Waals surface area contributed by atoms with Crippen molar-refractivity contribution < 1.29 is 19.3 Å². The van der Waals surface area contributed by atoms with Crippen LogP contribution in [0.4, 0.5) is 16.2 Å². The SMILES string of the molecule is O=C(CN1C(=O)S/C(=C/c2ccc([N+](=O)[O-])cc2)C1=O)Nc1ccccc1. The predicted molar refractivity (Wildman–Crippen MR) is 101 cm³/mol. The summed E-state index contributed by atoms with van der Waals surface area (Å²) in [7, 11) is 0. The minimum atomic E-state index is -0.577. The van der Waals surface area contributed by atoms with Gasteiger partial charge in [-0.3, -0.25) is 29.4 Å². The number of nitro groups is 1. The molecule has 9 heteroatoms. The highest BCUT2D eigenvalue weighted by Gasteiger charge is 2.36. The highest BCUT2D eigenvalue weighted by atomic mass is 32.2. The van der Waals surface area contributed by atoms with Crippen molar-refractivity contribution >= 4 is 46.3 Å². The largest absolute Gasteiger partial charge is 0.325 e. The van der Waals surface area contributed by atoms with Gasteiger partial charge in [-0.05, 0) is 47.7 Å². The third-order valence-electron chi connectivity index (χ3n) is 3.63. The molecule has 0 atom stereocenters. The van der Waals surface area contributed by atoms with E-state index in [1.54, 1.807) is 30.3 Å². The van der Waals surface area contributed by atoms with E-state index < -0.39 is 28.5 Å². The standard InChI is InChI=1S/C18H13N3O5S/c22-16(19-13-4-2-1-3-5-13)11-20-17(23)15(27-18(20)24)10-12-6-8-14(9-7-12)21(25)26/h1-10H,11H2,(H,19,22)/b15-10+. The van der Waals surface area contributed by atoms with Gasteiger partial charge in [0, 0.05) is 17.8 Å². The minimum Gasteiger partial charge on any atom is -0.325 e. The first-order chi connectivity index (χ1) is 12.9. The van der Waals surface area contributed by atoms with E-state index in [1.165, 1.54) is 30.3 Å². The van der Waals surface area contributed by atoms with E-state index >= 15 is 0 Å². The zero-order valence-electron chi connectivity index (χ0n) is 13.8. The summed E-state index contributed by atoms with van der Waals surface area (Å²) in [6.45, 7) is -0.392. The van der Waals surface area contributed by atoms with Gasteiger partial charge in [0.25, 0.3) is 16.8 Å². The molecular weight excluding hydrogens is 370 g/mol. The highest BCUT2D eigenvalue weighted by molar-refractivity contribution is 8.18. The van der Waals surface area contributed by atoms with Gasteiger partial charge in [0.1, 0.15) is 6.54 Å². The van der Waals surface area contributed by atoms with E-state index in [9.17, 15) is 24.5 Å². The molecule has 0 radical (unpaired) electrons. The third-order valence-corrected chi connectivity index (χ3v) is 4.54. The summed E-state index contributed by atoms with van der Waals surface area (Å²) >= 11 is 0.720. The van der Waals surface area contributed by atoms with Gasteiger partial charge >= 0.3 is 0 Å². The van der Waals surface area contributed by atoms with Crippen molar-refractivity contribution in [2.45, 2.75) is 0 Å². The number of carbonyl (C=O) groups excluding carboxylic acids is 3. The van der Waals surface area contributed by atoms with Crippen molar-refractivity contribution in [3.8, 4) is 0 Å². The second-order valence-corrected chi connectivity index (χ2v) is 6.52. The Hall–Kier alpha value is -3.46. The maximum absolute atomic E-state index is 12.4. The molecule has 2 aromatic rings. The Bertz CT molecular complexity index is 941. The van der Waals surface area contributed by atoms with E-state index in [0.717, 1.165) is 16.7 Å². The van der Waals surface area contributed by atoms with Crippen LogP contribution < -0.4 is 5.32 Å². The molecule has 0 unspecified atom stereocenters. The van der Waals surface area contributed by atoms with Gasteiger partial charge in [-0.25, -0.2) is 0 Å². The molecule has 1 saturated heterocycles. The van der Waals surface area contributed by atoms with E-state index in [2.05, 4.69) is 5.32 Å². The van der Waals surface area contributed by atoms with Gasteiger partial charge in [0.2, 0.25) is 5.91 Å². The average molecular weight is 383 g/mol. The number of imide groups is 1. The number of thioether (sulfide) groups is 1. The van der Waals surface area contributed by atoms with E-state index in [1.807, 2.05) is 0 Å². The van der Waals surface area contributed by atoms with Crippen molar-refractivity contribution in [1.82, 2.24) is 4.90 Å². The molecule has 2 aromatic carbocycles. The summed E-state index contributed by atoms with van der Waals surface area (Å²) in [5, 5.41) is 12.7. The number of non-ortho nitro benzene ring substituents is 1. The smallest absolute Gasteiger partial charge is 0.294 e. The number of hydrogen-bond acceptors (Lipinski definition) is 6. The first kappa shape index (κ1) is 18.3. The molecule has 0 saturated carbocycles. The first-order valence-electron chi connectivity index (χ1n) is 7.79. The average Bonchev–Trinajstić information content (AvgIpc) is 2.90. The van der Waals surface area contributed by atoms with Gasteiger partial charge in [-0.15, -0.1) is 0 Å². The number of amides is 3. The van der Waals surface area contributed by atoms with Crippen LogP contribution in [0.2, 0.25) is 0 Å². The number of nitrogens with one attached hydrogen (secondary N) is 1. The fourth-order valence-electron chi connectivity index (χ4n) is 2.35. The van der Waals surface area contributed by atoms with E-state index in [4.69, 9.17) is 0 Å². The van der Waals surface area contributed by atoms with Crippen molar-refractivity contribution in [3.63, 3.8) is 0 Å². The molecule has 0 aliphatic carbocycles. The fourth-order valence-corrected chi connectivity index (χ4v) is 3.18. The maximum atomic E-state index is 12.4. The Labute approximate surface area is 158 Å². The van der Waals surface area contributed by atoms with Crippen molar-refractivity contribution in [2.24, 2.45) is 0 Å². The Balaban J connectivity index is 1.69. The van der Waals surface area contributed by atoms with Crippen LogP contribution in [0.1, 0.15) is 5.56 Å². The summed E-state index contributed by atoms with van der Waals surface area (Å²) in [6, 6.07) is 14.3. The molecule has 1 aliphatic rings. The number of hydrogen-bond donors (Lipinski definition) is 1. The van der Waals surface area contributed by atoms with Crippen LogP contribution in [0.15, 0.2) is 59.5 Å². The van der Waals surface area contributed by atoms with Crippen LogP contribution in [0, 0.1) is 10.1 Å². The van der Waals surface area contributed by atoms with Crippen molar-refractivity contribution in [2.75, 3.05) is 11.9 Å². The number of benzene rings is 2. The van der Waals surface area contributed by atoms with Gasteiger partial charge in [-0.2, -0.15) is 0 Å². The second-order valence-electron chi connectivity index (χ2n) is 5.53. The molecular formula is C18H13N3O5S.